The lowest BCUT2D eigenvalue weighted by atomic mass is 10.2. The number of rotatable bonds is 8. The molecule has 0 aromatic heterocycles. The highest BCUT2D eigenvalue weighted by Gasteiger charge is 2.16. The van der Waals surface area contributed by atoms with Gasteiger partial charge in [-0.2, -0.15) is 0 Å². The normalized spacial score (nSPS) is 13.8. The average Bonchev–Trinajstić information content (AvgIpc) is 2.74. The summed E-state index contributed by atoms with van der Waals surface area (Å²) < 4.78 is 5.12. The molecule has 1 fully saturated rings. The van der Waals surface area contributed by atoms with Crippen molar-refractivity contribution >= 4 is 59.1 Å². The van der Waals surface area contributed by atoms with Crippen molar-refractivity contribution in [1.82, 2.24) is 9.80 Å². The number of thioether (sulfide) groups is 1. The van der Waals surface area contributed by atoms with E-state index < -0.39 is 0 Å². The first-order chi connectivity index (χ1) is 14.1. The van der Waals surface area contributed by atoms with E-state index in [-0.39, 0.29) is 35.5 Å². The molecule has 1 heterocycles. The van der Waals surface area contributed by atoms with E-state index in [9.17, 15) is 4.79 Å². The Hall–Kier alpha value is -1.19. The van der Waals surface area contributed by atoms with Gasteiger partial charge in [0.15, 0.2) is 0 Å². The third-order valence-corrected chi connectivity index (χ3v) is 6.08. The Balaban J connectivity index is 0.00000320. The highest BCUT2D eigenvalue weighted by atomic mass is 35.5. The molecule has 6 nitrogen and oxygen atoms in total. The molecule has 1 aliphatic heterocycles. The lowest BCUT2D eigenvalue weighted by molar-refractivity contribution is 0.127. The van der Waals surface area contributed by atoms with Crippen LogP contribution in [0.25, 0.3) is 0 Å². The monoisotopic (exact) mass is 523 g/mol. The molecule has 0 saturated carbocycles. The molecule has 3 rings (SSSR count). The van der Waals surface area contributed by atoms with Gasteiger partial charge in [-0.1, -0.05) is 35.5 Å². The number of ether oxygens (including phenoxy) is 1. The van der Waals surface area contributed by atoms with Crippen LogP contribution in [0.1, 0.15) is 12.0 Å². The molecule has 2 aromatic rings. The summed E-state index contributed by atoms with van der Waals surface area (Å²) in [6.07, 6.45) is 1.01. The summed E-state index contributed by atoms with van der Waals surface area (Å²) >= 11 is 7.30. The average molecular weight is 525 g/mol. The molecule has 0 bridgehead atoms. The van der Waals surface area contributed by atoms with Crippen LogP contribution >= 0.6 is 48.2 Å². The molecule has 2 aromatic carbocycles. The van der Waals surface area contributed by atoms with Crippen molar-refractivity contribution in [3.05, 3.63) is 59.1 Å². The van der Waals surface area contributed by atoms with Crippen LogP contribution in [0.4, 0.5) is 10.5 Å². The van der Waals surface area contributed by atoms with Crippen LogP contribution in [-0.2, 0) is 6.54 Å². The van der Waals surface area contributed by atoms with E-state index in [2.05, 4.69) is 27.2 Å². The SMILES string of the molecule is COc1ccc(NC(=O)SCCCN2CCN(Cc3ccc(Cl)cc3)CC2)cc1.Cl.Cl.O. The maximum Gasteiger partial charge on any atom is 0.283 e. The second-order valence-electron chi connectivity index (χ2n) is 7.09. The van der Waals surface area contributed by atoms with Gasteiger partial charge >= 0.3 is 0 Å². The first kappa shape index (κ1) is 30.8. The number of amides is 1. The second-order valence-corrected chi connectivity index (χ2v) is 8.59. The number of hydrogen-bond acceptors (Lipinski definition) is 5. The molecule has 1 aliphatic rings. The Kier molecular flexibility index (Phi) is 15.8. The Bertz CT molecular complexity index is 774. The number of methoxy groups -OCH3 is 1. The standard InChI is InChI=1S/C22H28ClN3O2S.2ClH.H2O/c1-28-21-9-7-20(8-10-21)24-22(27)29-16-2-11-25-12-14-26(15-13-25)17-18-3-5-19(23)6-4-18;;;/h3-10H,2,11-17H2,1H3,(H,24,27);2*1H;1H2. The minimum Gasteiger partial charge on any atom is -0.497 e. The zero-order valence-electron chi connectivity index (χ0n) is 18.1. The lowest BCUT2D eigenvalue weighted by Gasteiger charge is -2.34. The van der Waals surface area contributed by atoms with Gasteiger partial charge in [0.25, 0.3) is 5.24 Å². The third kappa shape index (κ3) is 10.6. The van der Waals surface area contributed by atoms with Gasteiger partial charge in [-0.25, -0.2) is 0 Å². The Morgan fingerprint density at radius 1 is 1.00 bits per heavy atom. The van der Waals surface area contributed by atoms with E-state index in [0.29, 0.717) is 0 Å². The number of anilines is 1. The van der Waals surface area contributed by atoms with E-state index in [0.717, 1.165) is 67.9 Å². The predicted molar refractivity (Wildman–Crippen MR) is 140 cm³/mol. The fraction of sp³-hybridized carbons (Fsp3) is 0.409. The molecule has 0 unspecified atom stereocenters. The number of halogens is 3. The van der Waals surface area contributed by atoms with Crippen molar-refractivity contribution in [2.75, 3.05) is 50.9 Å². The van der Waals surface area contributed by atoms with E-state index in [4.69, 9.17) is 16.3 Å². The smallest absolute Gasteiger partial charge is 0.283 e. The first-order valence-corrected chi connectivity index (χ1v) is 11.3. The van der Waals surface area contributed by atoms with E-state index in [1.807, 2.05) is 36.4 Å². The minimum atomic E-state index is -0.0112. The molecule has 0 radical (unpaired) electrons. The van der Waals surface area contributed by atoms with Crippen molar-refractivity contribution < 1.29 is 15.0 Å². The van der Waals surface area contributed by atoms with Gasteiger partial charge in [0.1, 0.15) is 5.75 Å². The highest BCUT2D eigenvalue weighted by molar-refractivity contribution is 8.13. The highest BCUT2D eigenvalue weighted by Crippen LogP contribution is 2.17. The summed E-state index contributed by atoms with van der Waals surface area (Å²) in [7, 11) is 1.63. The van der Waals surface area contributed by atoms with Crippen molar-refractivity contribution in [3.8, 4) is 5.75 Å². The largest absolute Gasteiger partial charge is 0.497 e. The first-order valence-electron chi connectivity index (χ1n) is 9.89. The van der Waals surface area contributed by atoms with Crippen LogP contribution in [0.15, 0.2) is 48.5 Å². The molecule has 3 N–H and O–H groups in total. The molecule has 180 valence electrons. The minimum absolute atomic E-state index is 0. The number of benzene rings is 2. The van der Waals surface area contributed by atoms with Gasteiger partial charge in [-0.3, -0.25) is 9.69 Å². The molecule has 0 spiro atoms. The number of hydrogen-bond donors (Lipinski definition) is 1. The van der Waals surface area contributed by atoms with Gasteiger partial charge < -0.3 is 20.4 Å². The molecule has 32 heavy (non-hydrogen) atoms. The van der Waals surface area contributed by atoms with E-state index >= 15 is 0 Å². The van der Waals surface area contributed by atoms with Crippen LogP contribution in [0.5, 0.6) is 5.75 Å². The van der Waals surface area contributed by atoms with Gasteiger partial charge in [-0.15, -0.1) is 24.8 Å². The van der Waals surface area contributed by atoms with Crippen molar-refractivity contribution in [2.24, 2.45) is 0 Å². The number of nitrogens with zero attached hydrogens (tertiary/aromatic N) is 2. The zero-order chi connectivity index (χ0) is 20.5. The maximum atomic E-state index is 12.0. The quantitative estimate of drug-likeness (QED) is 0.500. The summed E-state index contributed by atoms with van der Waals surface area (Å²) in [4.78, 5) is 17.0. The summed E-state index contributed by atoms with van der Waals surface area (Å²) in [5, 5.41) is 3.68. The van der Waals surface area contributed by atoms with Crippen LogP contribution in [0, 0.1) is 0 Å². The Labute approximate surface area is 212 Å². The molecule has 0 aliphatic carbocycles. The second kappa shape index (κ2) is 16.4. The summed E-state index contributed by atoms with van der Waals surface area (Å²) in [6.45, 7) is 6.33. The lowest BCUT2D eigenvalue weighted by Crippen LogP contribution is -2.46. The van der Waals surface area contributed by atoms with E-state index in [1.54, 1.807) is 7.11 Å². The summed E-state index contributed by atoms with van der Waals surface area (Å²) in [5.74, 6) is 1.61. The predicted octanol–water partition coefficient (Wildman–Crippen LogP) is 4.84. The Morgan fingerprint density at radius 2 is 1.59 bits per heavy atom. The van der Waals surface area contributed by atoms with Crippen LogP contribution in [0.2, 0.25) is 5.02 Å². The molecule has 1 saturated heterocycles. The summed E-state index contributed by atoms with van der Waals surface area (Å²) in [6, 6.07) is 15.5. The fourth-order valence-corrected chi connectivity index (χ4v) is 4.08. The van der Waals surface area contributed by atoms with Gasteiger partial charge in [0.2, 0.25) is 0 Å². The van der Waals surface area contributed by atoms with Crippen molar-refractivity contribution in [2.45, 2.75) is 13.0 Å². The topological polar surface area (TPSA) is 76.3 Å². The van der Waals surface area contributed by atoms with Crippen LogP contribution in [-0.4, -0.2) is 66.1 Å². The maximum absolute atomic E-state index is 12.0. The number of carbonyl (C=O) groups excluding carboxylic acids is 1. The van der Waals surface area contributed by atoms with E-state index in [1.165, 1.54) is 17.3 Å². The number of nitrogens with one attached hydrogen (secondary N) is 1. The molecule has 1 amide bonds. The molecule has 10 heteroatoms. The molecular formula is C22H32Cl3N3O3S. The number of piperazine rings is 1. The molecular weight excluding hydrogens is 493 g/mol. The van der Waals surface area contributed by atoms with Crippen molar-refractivity contribution in [1.29, 1.82) is 0 Å². The van der Waals surface area contributed by atoms with Crippen LogP contribution in [0.3, 0.4) is 0 Å². The van der Waals surface area contributed by atoms with Gasteiger partial charge in [0.05, 0.1) is 7.11 Å². The zero-order valence-corrected chi connectivity index (χ0v) is 21.3. The van der Waals surface area contributed by atoms with Crippen LogP contribution < -0.4 is 10.1 Å². The van der Waals surface area contributed by atoms with Gasteiger partial charge in [-0.05, 0) is 54.9 Å². The fourth-order valence-electron chi connectivity index (χ4n) is 3.30. The van der Waals surface area contributed by atoms with Crippen molar-refractivity contribution in [3.63, 3.8) is 0 Å². The third-order valence-electron chi connectivity index (χ3n) is 4.97. The Morgan fingerprint density at radius 3 is 2.19 bits per heavy atom. The molecule has 0 atom stereocenters. The van der Waals surface area contributed by atoms with Gasteiger partial charge in [0, 0.05) is 49.2 Å². The summed E-state index contributed by atoms with van der Waals surface area (Å²) in [5.41, 5.74) is 2.10. The number of carbonyl (C=O) groups is 1.